The van der Waals surface area contributed by atoms with E-state index in [9.17, 15) is 5.11 Å². The standard InChI is InChI=1S/C23H26N6O3/c1-31-23-11-20(24-14-25-23)15-2-3-18(21(30)10-15)19-4-5-22(28-27-19)29-8-6-16(12-29)26-17-7-9-32-13-17/h2-5,10-11,14,16-17,26,30H,6-9,12-13H2,1H3/t16-,17?/m1/s1. The van der Waals surface area contributed by atoms with E-state index in [2.05, 4.69) is 30.4 Å². The molecule has 1 aromatic carbocycles. The Bertz CT molecular complexity index is 1070. The van der Waals surface area contributed by atoms with Crippen LogP contribution < -0.4 is 15.0 Å². The Kier molecular flexibility index (Phi) is 5.83. The van der Waals surface area contributed by atoms with Crippen LogP contribution >= 0.6 is 0 Å². The average molecular weight is 435 g/mol. The second-order valence-electron chi connectivity index (χ2n) is 8.11. The molecule has 9 heteroatoms. The van der Waals surface area contributed by atoms with Crippen molar-refractivity contribution in [1.82, 2.24) is 25.5 Å². The Labute approximate surface area is 186 Å². The maximum absolute atomic E-state index is 10.6. The minimum atomic E-state index is 0.117. The first-order valence-corrected chi connectivity index (χ1v) is 10.8. The number of hydrogen-bond acceptors (Lipinski definition) is 9. The van der Waals surface area contributed by atoms with Gasteiger partial charge in [-0.1, -0.05) is 6.07 Å². The molecule has 32 heavy (non-hydrogen) atoms. The highest BCUT2D eigenvalue weighted by Gasteiger charge is 2.27. The molecule has 2 aliphatic heterocycles. The zero-order valence-electron chi connectivity index (χ0n) is 17.9. The molecule has 2 atom stereocenters. The second kappa shape index (κ2) is 9.05. The molecule has 0 radical (unpaired) electrons. The van der Waals surface area contributed by atoms with Crippen molar-refractivity contribution >= 4 is 5.82 Å². The minimum absolute atomic E-state index is 0.117. The Morgan fingerprint density at radius 2 is 2.00 bits per heavy atom. The number of benzene rings is 1. The molecule has 1 unspecified atom stereocenters. The number of nitrogens with zero attached hydrogens (tertiary/aromatic N) is 5. The number of nitrogens with one attached hydrogen (secondary N) is 1. The largest absolute Gasteiger partial charge is 0.507 e. The van der Waals surface area contributed by atoms with E-state index in [1.165, 1.54) is 6.33 Å². The van der Waals surface area contributed by atoms with E-state index in [1.54, 1.807) is 19.2 Å². The zero-order chi connectivity index (χ0) is 21.9. The van der Waals surface area contributed by atoms with Gasteiger partial charge in [0.15, 0.2) is 5.82 Å². The van der Waals surface area contributed by atoms with E-state index in [1.807, 2.05) is 24.3 Å². The van der Waals surface area contributed by atoms with E-state index >= 15 is 0 Å². The number of rotatable bonds is 6. The van der Waals surface area contributed by atoms with Crippen LogP contribution in [0.2, 0.25) is 0 Å². The summed E-state index contributed by atoms with van der Waals surface area (Å²) in [5.41, 5.74) is 2.67. The predicted molar refractivity (Wildman–Crippen MR) is 120 cm³/mol. The first-order chi connectivity index (χ1) is 15.7. The summed E-state index contributed by atoms with van der Waals surface area (Å²) in [6.45, 7) is 3.51. The molecule has 0 saturated carbocycles. The van der Waals surface area contributed by atoms with E-state index < -0.39 is 0 Å². The van der Waals surface area contributed by atoms with Crippen LogP contribution in [0.15, 0.2) is 42.7 Å². The molecular weight excluding hydrogens is 408 g/mol. The third-order valence-corrected chi connectivity index (χ3v) is 5.98. The molecule has 0 spiro atoms. The van der Waals surface area contributed by atoms with Crippen molar-refractivity contribution in [3.05, 3.63) is 42.7 Å². The van der Waals surface area contributed by atoms with Crippen LogP contribution in [-0.2, 0) is 4.74 Å². The van der Waals surface area contributed by atoms with E-state index in [0.29, 0.717) is 34.9 Å². The number of phenolic OH excluding ortho intramolecular Hbond substituents is 1. The lowest BCUT2D eigenvalue weighted by Crippen LogP contribution is -2.40. The molecule has 2 aliphatic rings. The molecular formula is C23H26N6O3. The van der Waals surface area contributed by atoms with Gasteiger partial charge in [0, 0.05) is 49.0 Å². The zero-order valence-corrected chi connectivity index (χ0v) is 17.9. The van der Waals surface area contributed by atoms with Crippen molar-refractivity contribution in [3.8, 4) is 34.1 Å². The normalized spacial score (nSPS) is 20.6. The fraction of sp³-hybridized carbons (Fsp3) is 0.391. The van der Waals surface area contributed by atoms with Gasteiger partial charge in [-0.05, 0) is 37.1 Å². The van der Waals surface area contributed by atoms with Gasteiger partial charge in [0.1, 0.15) is 12.1 Å². The van der Waals surface area contributed by atoms with Crippen LogP contribution in [0.3, 0.4) is 0 Å². The summed E-state index contributed by atoms with van der Waals surface area (Å²) >= 11 is 0. The molecule has 0 bridgehead atoms. The van der Waals surface area contributed by atoms with Crippen LogP contribution in [0.4, 0.5) is 5.82 Å². The number of aromatic hydroxyl groups is 1. The first-order valence-electron chi connectivity index (χ1n) is 10.8. The van der Waals surface area contributed by atoms with Crippen LogP contribution in [-0.4, -0.2) is 70.8 Å². The number of phenols is 1. The summed E-state index contributed by atoms with van der Waals surface area (Å²) < 4.78 is 10.6. The first kappa shape index (κ1) is 20.6. The predicted octanol–water partition coefficient (Wildman–Crippen LogP) is 2.27. The topological polar surface area (TPSA) is 106 Å². The van der Waals surface area contributed by atoms with E-state index in [-0.39, 0.29) is 5.75 Å². The second-order valence-corrected chi connectivity index (χ2v) is 8.11. The number of anilines is 1. The van der Waals surface area contributed by atoms with Gasteiger partial charge in [0.25, 0.3) is 0 Å². The van der Waals surface area contributed by atoms with Gasteiger partial charge in [-0.3, -0.25) is 0 Å². The molecule has 2 aromatic heterocycles. The Morgan fingerprint density at radius 3 is 2.75 bits per heavy atom. The minimum Gasteiger partial charge on any atom is -0.507 e. The van der Waals surface area contributed by atoms with Crippen LogP contribution in [0.1, 0.15) is 12.8 Å². The Balaban J connectivity index is 1.27. The van der Waals surface area contributed by atoms with Gasteiger partial charge in [0.05, 0.1) is 25.1 Å². The molecule has 9 nitrogen and oxygen atoms in total. The molecule has 5 rings (SSSR count). The third-order valence-electron chi connectivity index (χ3n) is 5.98. The van der Waals surface area contributed by atoms with Gasteiger partial charge in [-0.25, -0.2) is 9.97 Å². The summed E-state index contributed by atoms with van der Waals surface area (Å²) in [6.07, 6.45) is 3.59. The molecule has 2 saturated heterocycles. The van der Waals surface area contributed by atoms with Crippen LogP contribution in [0.25, 0.3) is 22.5 Å². The lowest BCUT2D eigenvalue weighted by Gasteiger charge is -2.19. The summed E-state index contributed by atoms with van der Waals surface area (Å²) in [6, 6.07) is 11.9. The molecule has 0 amide bonds. The maximum atomic E-state index is 10.6. The molecule has 166 valence electrons. The SMILES string of the molecule is COc1cc(-c2ccc(-c3ccc(N4CC[C@@H](NC5CCOC5)C4)nn3)c(O)c2)ncn1. The maximum Gasteiger partial charge on any atom is 0.216 e. The molecule has 2 fully saturated rings. The number of aromatic nitrogens is 4. The number of ether oxygens (including phenoxy) is 2. The van der Waals surface area contributed by atoms with Crippen molar-refractivity contribution in [3.63, 3.8) is 0 Å². The quantitative estimate of drug-likeness (QED) is 0.604. The summed E-state index contributed by atoms with van der Waals surface area (Å²) in [4.78, 5) is 10.5. The lowest BCUT2D eigenvalue weighted by molar-refractivity contribution is 0.188. The van der Waals surface area contributed by atoms with Crippen molar-refractivity contribution in [2.24, 2.45) is 0 Å². The number of hydrogen-bond donors (Lipinski definition) is 2. The summed E-state index contributed by atoms with van der Waals surface area (Å²) in [5.74, 6) is 1.44. The van der Waals surface area contributed by atoms with Gasteiger partial charge >= 0.3 is 0 Å². The monoisotopic (exact) mass is 434 g/mol. The van der Waals surface area contributed by atoms with Crippen LogP contribution in [0, 0.1) is 0 Å². The number of methoxy groups -OCH3 is 1. The highest BCUT2D eigenvalue weighted by atomic mass is 16.5. The van der Waals surface area contributed by atoms with E-state index in [0.717, 1.165) is 50.5 Å². The van der Waals surface area contributed by atoms with Gasteiger partial charge in [0.2, 0.25) is 5.88 Å². The van der Waals surface area contributed by atoms with Crippen molar-refractivity contribution in [2.75, 3.05) is 38.3 Å². The third kappa shape index (κ3) is 4.35. The highest BCUT2D eigenvalue weighted by Crippen LogP contribution is 2.32. The summed E-state index contributed by atoms with van der Waals surface area (Å²) in [7, 11) is 1.55. The fourth-order valence-electron chi connectivity index (χ4n) is 4.26. The summed E-state index contributed by atoms with van der Waals surface area (Å²) in [5, 5.41) is 23.1. The molecule has 3 aromatic rings. The van der Waals surface area contributed by atoms with Crippen molar-refractivity contribution in [2.45, 2.75) is 24.9 Å². The van der Waals surface area contributed by atoms with E-state index in [4.69, 9.17) is 9.47 Å². The Morgan fingerprint density at radius 1 is 1.06 bits per heavy atom. The molecule has 2 N–H and O–H groups in total. The van der Waals surface area contributed by atoms with Gasteiger partial charge in [-0.2, -0.15) is 0 Å². The van der Waals surface area contributed by atoms with Gasteiger partial charge in [-0.15, -0.1) is 10.2 Å². The van der Waals surface area contributed by atoms with Crippen molar-refractivity contribution in [1.29, 1.82) is 0 Å². The molecule has 0 aliphatic carbocycles. The Hall–Kier alpha value is -3.30. The lowest BCUT2D eigenvalue weighted by atomic mass is 10.1. The average Bonchev–Trinajstić information content (AvgIpc) is 3.52. The van der Waals surface area contributed by atoms with Crippen LogP contribution in [0.5, 0.6) is 11.6 Å². The fourth-order valence-corrected chi connectivity index (χ4v) is 4.26. The van der Waals surface area contributed by atoms with Gasteiger partial charge < -0.3 is 24.8 Å². The van der Waals surface area contributed by atoms with Crippen molar-refractivity contribution < 1.29 is 14.6 Å². The molecule has 4 heterocycles. The smallest absolute Gasteiger partial charge is 0.216 e. The highest BCUT2D eigenvalue weighted by molar-refractivity contribution is 5.73.